The molecule has 1 N–H and O–H groups in total. The van der Waals surface area contributed by atoms with Gasteiger partial charge in [0.2, 0.25) is 0 Å². The Labute approximate surface area is 97.0 Å². The van der Waals surface area contributed by atoms with E-state index in [2.05, 4.69) is 0 Å². The molecule has 0 aromatic heterocycles. The van der Waals surface area contributed by atoms with Crippen LogP contribution in [0.4, 0.5) is 0 Å². The van der Waals surface area contributed by atoms with Crippen molar-refractivity contribution in [3.05, 3.63) is 29.8 Å². The molecule has 0 fully saturated rings. The maximum Gasteiger partial charge on any atom is 0.120 e. The quantitative estimate of drug-likeness (QED) is 0.807. The van der Waals surface area contributed by atoms with Gasteiger partial charge in [0, 0.05) is 6.61 Å². The molecule has 1 rings (SSSR count). The fraction of sp³-hybridized carbons (Fsp3) is 0.538. The molecule has 0 bridgehead atoms. The van der Waals surface area contributed by atoms with Gasteiger partial charge in [-0.25, -0.2) is 0 Å². The van der Waals surface area contributed by atoms with E-state index in [9.17, 15) is 5.11 Å². The summed E-state index contributed by atoms with van der Waals surface area (Å²) in [5.41, 5.74) is 0.826. The zero-order valence-corrected chi connectivity index (χ0v) is 10.1. The molecule has 16 heavy (non-hydrogen) atoms. The van der Waals surface area contributed by atoms with Gasteiger partial charge >= 0.3 is 0 Å². The zero-order chi connectivity index (χ0) is 12.0. The van der Waals surface area contributed by atoms with E-state index in [1.54, 1.807) is 0 Å². The minimum absolute atomic E-state index is 0.138. The molecule has 0 aliphatic heterocycles. The second kappa shape index (κ2) is 6.51. The van der Waals surface area contributed by atoms with Gasteiger partial charge in [-0.2, -0.15) is 0 Å². The molecule has 0 radical (unpaired) electrons. The van der Waals surface area contributed by atoms with Crippen LogP contribution in [0.3, 0.4) is 0 Å². The van der Waals surface area contributed by atoms with Crippen molar-refractivity contribution in [1.82, 2.24) is 0 Å². The third kappa shape index (κ3) is 4.21. The highest BCUT2D eigenvalue weighted by Crippen LogP contribution is 2.20. The van der Waals surface area contributed by atoms with Crippen molar-refractivity contribution in [1.29, 1.82) is 0 Å². The highest BCUT2D eigenvalue weighted by molar-refractivity contribution is 5.30. The summed E-state index contributed by atoms with van der Waals surface area (Å²) in [7, 11) is 0. The van der Waals surface area contributed by atoms with Crippen LogP contribution >= 0.6 is 0 Å². The highest BCUT2D eigenvalue weighted by Gasteiger charge is 2.08. The maximum atomic E-state index is 9.83. The number of ether oxygens (including phenoxy) is 2. The first-order valence-electron chi connectivity index (χ1n) is 5.66. The van der Waals surface area contributed by atoms with Crippen molar-refractivity contribution in [2.45, 2.75) is 33.0 Å². The third-order valence-corrected chi connectivity index (χ3v) is 2.09. The van der Waals surface area contributed by atoms with Gasteiger partial charge in [-0.1, -0.05) is 12.1 Å². The van der Waals surface area contributed by atoms with E-state index >= 15 is 0 Å². The number of hydrogen-bond acceptors (Lipinski definition) is 3. The van der Waals surface area contributed by atoms with Crippen molar-refractivity contribution < 1.29 is 14.6 Å². The number of aliphatic hydroxyl groups is 1. The predicted octanol–water partition coefficient (Wildman–Crippen LogP) is 2.54. The summed E-state index contributed by atoms with van der Waals surface area (Å²) >= 11 is 0. The Kier molecular flexibility index (Phi) is 5.29. The molecular weight excluding hydrogens is 204 g/mol. The van der Waals surface area contributed by atoms with E-state index in [-0.39, 0.29) is 6.10 Å². The highest BCUT2D eigenvalue weighted by atomic mass is 16.5. The Bertz CT molecular complexity index is 310. The average molecular weight is 224 g/mol. The van der Waals surface area contributed by atoms with E-state index in [1.807, 2.05) is 45.0 Å². The summed E-state index contributed by atoms with van der Waals surface area (Å²) in [6, 6.07) is 7.49. The van der Waals surface area contributed by atoms with Gasteiger partial charge in [0.15, 0.2) is 0 Å². The third-order valence-electron chi connectivity index (χ3n) is 2.09. The predicted molar refractivity (Wildman–Crippen MR) is 63.7 cm³/mol. The van der Waals surface area contributed by atoms with Crippen LogP contribution in [0.25, 0.3) is 0 Å². The monoisotopic (exact) mass is 224 g/mol. The fourth-order valence-corrected chi connectivity index (χ4v) is 1.39. The number of rotatable bonds is 6. The molecule has 3 heteroatoms. The summed E-state index contributed by atoms with van der Waals surface area (Å²) in [5, 5.41) is 9.83. The van der Waals surface area contributed by atoms with Gasteiger partial charge < -0.3 is 14.6 Å². The Morgan fingerprint density at radius 2 is 2.06 bits per heavy atom. The lowest BCUT2D eigenvalue weighted by Crippen LogP contribution is -2.09. The van der Waals surface area contributed by atoms with Gasteiger partial charge in [-0.3, -0.25) is 0 Å². The molecule has 0 aliphatic carbocycles. The summed E-state index contributed by atoms with van der Waals surface area (Å²) in [4.78, 5) is 0. The number of aliphatic hydroxyl groups excluding tert-OH is 1. The summed E-state index contributed by atoms with van der Waals surface area (Å²) in [6.45, 7) is 6.79. The molecule has 0 spiro atoms. The number of hydrogen-bond donors (Lipinski definition) is 1. The second-order valence-electron chi connectivity index (χ2n) is 3.91. The van der Waals surface area contributed by atoms with Gasteiger partial charge in [0.1, 0.15) is 11.9 Å². The van der Waals surface area contributed by atoms with Crippen LogP contribution in [-0.2, 0) is 4.74 Å². The Morgan fingerprint density at radius 3 is 2.69 bits per heavy atom. The summed E-state index contributed by atoms with van der Waals surface area (Å²) < 4.78 is 10.7. The van der Waals surface area contributed by atoms with Crippen LogP contribution in [-0.4, -0.2) is 24.4 Å². The van der Waals surface area contributed by atoms with Crippen LogP contribution < -0.4 is 4.74 Å². The average Bonchev–Trinajstić information content (AvgIpc) is 2.25. The first-order chi connectivity index (χ1) is 7.63. The number of benzene rings is 1. The van der Waals surface area contributed by atoms with Crippen molar-refractivity contribution in [3.8, 4) is 5.75 Å². The fourth-order valence-electron chi connectivity index (χ4n) is 1.39. The Morgan fingerprint density at radius 1 is 1.31 bits per heavy atom. The van der Waals surface area contributed by atoms with Crippen LogP contribution in [0, 0.1) is 0 Å². The lowest BCUT2D eigenvalue weighted by atomic mass is 10.1. The van der Waals surface area contributed by atoms with E-state index in [0.29, 0.717) is 13.2 Å². The van der Waals surface area contributed by atoms with Crippen LogP contribution in [0.5, 0.6) is 5.75 Å². The Hall–Kier alpha value is -1.06. The molecule has 0 aliphatic rings. The topological polar surface area (TPSA) is 38.7 Å². The summed E-state index contributed by atoms with van der Waals surface area (Å²) in [5.74, 6) is 0.781. The first kappa shape index (κ1) is 13.0. The molecule has 1 aromatic rings. The van der Waals surface area contributed by atoms with Crippen molar-refractivity contribution in [2.24, 2.45) is 0 Å². The van der Waals surface area contributed by atoms with Crippen LogP contribution in [0.1, 0.15) is 32.4 Å². The Balaban J connectivity index is 2.65. The first-order valence-corrected chi connectivity index (χ1v) is 5.66. The molecular formula is C13H20O3. The van der Waals surface area contributed by atoms with Crippen LogP contribution in [0.2, 0.25) is 0 Å². The van der Waals surface area contributed by atoms with Crippen molar-refractivity contribution in [3.63, 3.8) is 0 Å². The van der Waals surface area contributed by atoms with E-state index < -0.39 is 6.10 Å². The van der Waals surface area contributed by atoms with Gasteiger partial charge in [0.05, 0.1) is 12.7 Å². The van der Waals surface area contributed by atoms with Gasteiger partial charge in [-0.05, 0) is 38.5 Å². The van der Waals surface area contributed by atoms with Crippen molar-refractivity contribution in [2.75, 3.05) is 13.2 Å². The van der Waals surface area contributed by atoms with Crippen molar-refractivity contribution >= 4 is 0 Å². The van der Waals surface area contributed by atoms with Gasteiger partial charge in [-0.15, -0.1) is 0 Å². The largest absolute Gasteiger partial charge is 0.491 e. The SMILES string of the molecule is CCOCC(O)c1cccc(OC(C)C)c1. The lowest BCUT2D eigenvalue weighted by Gasteiger charge is -2.14. The minimum atomic E-state index is -0.587. The smallest absolute Gasteiger partial charge is 0.120 e. The molecule has 0 saturated carbocycles. The zero-order valence-electron chi connectivity index (χ0n) is 10.1. The second-order valence-corrected chi connectivity index (χ2v) is 3.91. The van der Waals surface area contributed by atoms with Gasteiger partial charge in [0.25, 0.3) is 0 Å². The van der Waals surface area contributed by atoms with E-state index in [4.69, 9.17) is 9.47 Å². The van der Waals surface area contributed by atoms with E-state index in [0.717, 1.165) is 11.3 Å². The molecule has 0 saturated heterocycles. The molecule has 1 unspecified atom stereocenters. The lowest BCUT2D eigenvalue weighted by molar-refractivity contribution is 0.0418. The molecule has 1 aromatic carbocycles. The van der Waals surface area contributed by atoms with Crippen LogP contribution in [0.15, 0.2) is 24.3 Å². The summed E-state index contributed by atoms with van der Waals surface area (Å²) in [6.07, 6.45) is -0.449. The normalized spacial score (nSPS) is 12.8. The molecule has 0 heterocycles. The molecule has 1 atom stereocenters. The molecule has 0 amide bonds. The molecule has 90 valence electrons. The molecule has 3 nitrogen and oxygen atoms in total. The standard InChI is InChI=1S/C13H20O3/c1-4-15-9-13(14)11-6-5-7-12(8-11)16-10(2)3/h5-8,10,13-14H,4,9H2,1-3H3. The maximum absolute atomic E-state index is 9.83. The van der Waals surface area contributed by atoms with E-state index in [1.165, 1.54) is 0 Å². The minimum Gasteiger partial charge on any atom is -0.491 e.